The van der Waals surface area contributed by atoms with E-state index in [9.17, 15) is 4.79 Å². The Morgan fingerprint density at radius 3 is 3.09 bits per heavy atom. The Bertz CT molecular complexity index is 235. The minimum atomic E-state index is -0.403. The third-order valence-corrected chi connectivity index (χ3v) is 1.72. The smallest absolute Gasteiger partial charge is 0.239 e. The number of carbonyl (C=O) groups excluding carboxylic acids is 1. The van der Waals surface area contributed by atoms with Crippen molar-refractivity contribution in [3.05, 3.63) is 6.33 Å². The van der Waals surface area contributed by atoms with Crippen LogP contribution in [0.25, 0.3) is 0 Å². The van der Waals surface area contributed by atoms with Crippen LogP contribution in [0.15, 0.2) is 6.33 Å². The molecule has 5 nitrogen and oxygen atoms in total. The fourth-order valence-electron chi connectivity index (χ4n) is 0.493. The first-order chi connectivity index (χ1) is 5.20. The van der Waals surface area contributed by atoms with E-state index in [0.717, 1.165) is 0 Å². The van der Waals surface area contributed by atoms with Crippen molar-refractivity contribution in [1.82, 2.24) is 9.36 Å². The lowest BCUT2D eigenvalue weighted by Gasteiger charge is -2.06. The molecule has 1 heterocycles. The molecule has 0 saturated carbocycles. The van der Waals surface area contributed by atoms with E-state index in [0.29, 0.717) is 5.13 Å². The van der Waals surface area contributed by atoms with Gasteiger partial charge in [0.1, 0.15) is 12.4 Å². The monoisotopic (exact) mass is 172 g/mol. The topological polar surface area (TPSA) is 80.9 Å². The molecule has 0 bridgehead atoms. The van der Waals surface area contributed by atoms with Crippen LogP contribution in [0.4, 0.5) is 5.13 Å². The predicted octanol–water partition coefficient (Wildman–Crippen LogP) is -0.176. The Kier molecular flexibility index (Phi) is 2.37. The van der Waals surface area contributed by atoms with E-state index < -0.39 is 11.9 Å². The van der Waals surface area contributed by atoms with Gasteiger partial charge in [-0.05, 0) is 6.92 Å². The second kappa shape index (κ2) is 3.29. The molecule has 0 spiro atoms. The molecule has 6 heteroatoms. The van der Waals surface area contributed by atoms with Gasteiger partial charge in [0, 0.05) is 11.5 Å². The molecule has 0 aliphatic rings. The zero-order valence-corrected chi connectivity index (χ0v) is 6.76. The van der Waals surface area contributed by atoms with Gasteiger partial charge in [-0.25, -0.2) is 4.98 Å². The lowest BCUT2D eigenvalue weighted by Crippen LogP contribution is -2.32. The molecule has 0 aliphatic carbocycles. The molecule has 0 radical (unpaired) electrons. The normalized spacial score (nSPS) is 12.5. The summed E-state index contributed by atoms with van der Waals surface area (Å²) in [5.74, 6) is -0.403. The lowest BCUT2D eigenvalue weighted by molar-refractivity contribution is -0.118. The molecule has 1 aromatic heterocycles. The molecular formula is C5H8N4OS. The Hall–Kier alpha value is -1.17. The molecule has 1 unspecified atom stereocenters. The fourth-order valence-corrected chi connectivity index (χ4v) is 1.01. The minimum Gasteiger partial charge on any atom is -0.368 e. The fraction of sp³-hybridized carbons (Fsp3) is 0.400. The second-order valence-electron chi connectivity index (χ2n) is 2.01. The van der Waals surface area contributed by atoms with Crippen molar-refractivity contribution in [2.24, 2.45) is 5.73 Å². The third kappa shape index (κ3) is 2.15. The van der Waals surface area contributed by atoms with Gasteiger partial charge in [-0.1, -0.05) is 0 Å². The van der Waals surface area contributed by atoms with Crippen LogP contribution in [-0.2, 0) is 4.79 Å². The Labute approximate surface area is 67.8 Å². The van der Waals surface area contributed by atoms with Gasteiger partial charge in [0.05, 0.1) is 0 Å². The van der Waals surface area contributed by atoms with Gasteiger partial charge in [-0.2, -0.15) is 4.37 Å². The molecule has 1 aromatic rings. The molecule has 1 amide bonds. The molecule has 1 rings (SSSR count). The average Bonchev–Trinajstić information content (AvgIpc) is 2.39. The highest BCUT2D eigenvalue weighted by molar-refractivity contribution is 7.09. The van der Waals surface area contributed by atoms with Crippen LogP contribution in [0.1, 0.15) is 6.92 Å². The largest absolute Gasteiger partial charge is 0.368 e. The number of aromatic nitrogens is 2. The average molecular weight is 172 g/mol. The number of hydrogen-bond acceptors (Lipinski definition) is 5. The summed E-state index contributed by atoms with van der Waals surface area (Å²) in [6, 6.07) is -0.400. The first-order valence-electron chi connectivity index (χ1n) is 3.02. The Morgan fingerprint density at radius 2 is 2.64 bits per heavy atom. The van der Waals surface area contributed by atoms with E-state index >= 15 is 0 Å². The number of primary amides is 1. The molecule has 3 N–H and O–H groups in total. The van der Waals surface area contributed by atoms with Crippen molar-refractivity contribution in [3.8, 4) is 0 Å². The highest BCUT2D eigenvalue weighted by Gasteiger charge is 2.08. The molecule has 0 aliphatic heterocycles. The maximum absolute atomic E-state index is 10.5. The first-order valence-corrected chi connectivity index (χ1v) is 3.80. The molecule has 0 aromatic carbocycles. The maximum Gasteiger partial charge on any atom is 0.239 e. The number of anilines is 1. The van der Waals surface area contributed by atoms with Crippen LogP contribution in [-0.4, -0.2) is 21.3 Å². The zero-order chi connectivity index (χ0) is 8.27. The molecule has 0 saturated heterocycles. The van der Waals surface area contributed by atoms with Gasteiger partial charge in [-0.15, -0.1) is 0 Å². The van der Waals surface area contributed by atoms with Gasteiger partial charge in [0.15, 0.2) is 0 Å². The summed E-state index contributed by atoms with van der Waals surface area (Å²) in [5.41, 5.74) is 5.01. The highest BCUT2D eigenvalue weighted by Crippen LogP contribution is 2.07. The van der Waals surface area contributed by atoms with Crippen molar-refractivity contribution in [2.45, 2.75) is 13.0 Å². The van der Waals surface area contributed by atoms with Crippen molar-refractivity contribution in [2.75, 3.05) is 5.32 Å². The summed E-state index contributed by atoms with van der Waals surface area (Å²) in [7, 11) is 0. The number of nitrogens with zero attached hydrogens (tertiary/aromatic N) is 2. The Morgan fingerprint density at radius 1 is 1.91 bits per heavy atom. The summed E-state index contributed by atoms with van der Waals surface area (Å²) >= 11 is 1.19. The van der Waals surface area contributed by atoms with E-state index in [2.05, 4.69) is 14.7 Å². The lowest BCUT2D eigenvalue weighted by atomic mass is 10.3. The SMILES string of the molecule is CC(Nc1ncns1)C(N)=O. The van der Waals surface area contributed by atoms with Gasteiger partial charge in [0.2, 0.25) is 11.0 Å². The first kappa shape index (κ1) is 7.93. The molecule has 11 heavy (non-hydrogen) atoms. The Balaban J connectivity index is 2.50. The van der Waals surface area contributed by atoms with Crippen molar-refractivity contribution < 1.29 is 4.79 Å². The number of amides is 1. The number of carbonyl (C=O) groups is 1. The minimum absolute atomic E-state index is 0.400. The van der Waals surface area contributed by atoms with E-state index in [1.54, 1.807) is 6.92 Å². The summed E-state index contributed by atoms with van der Waals surface area (Å²) < 4.78 is 3.75. The van der Waals surface area contributed by atoms with Crippen molar-refractivity contribution in [1.29, 1.82) is 0 Å². The maximum atomic E-state index is 10.5. The summed E-state index contributed by atoms with van der Waals surface area (Å²) in [6.07, 6.45) is 1.42. The summed E-state index contributed by atoms with van der Waals surface area (Å²) in [4.78, 5) is 14.4. The molecule has 0 fully saturated rings. The van der Waals surface area contributed by atoms with Crippen LogP contribution in [0.5, 0.6) is 0 Å². The van der Waals surface area contributed by atoms with Gasteiger partial charge in [-0.3, -0.25) is 4.79 Å². The quantitative estimate of drug-likeness (QED) is 0.663. The van der Waals surface area contributed by atoms with Gasteiger partial charge < -0.3 is 11.1 Å². The third-order valence-electron chi connectivity index (χ3n) is 1.13. The van der Waals surface area contributed by atoms with Crippen molar-refractivity contribution >= 4 is 22.6 Å². The second-order valence-corrected chi connectivity index (χ2v) is 2.79. The number of nitrogens with one attached hydrogen (secondary N) is 1. The van der Waals surface area contributed by atoms with E-state index in [-0.39, 0.29) is 0 Å². The highest BCUT2D eigenvalue weighted by atomic mass is 32.1. The van der Waals surface area contributed by atoms with Crippen LogP contribution >= 0.6 is 11.5 Å². The molecular weight excluding hydrogens is 164 g/mol. The van der Waals surface area contributed by atoms with Crippen LogP contribution in [0.3, 0.4) is 0 Å². The number of rotatable bonds is 3. The summed E-state index contributed by atoms with van der Waals surface area (Å²) in [6.45, 7) is 1.67. The standard InChI is InChI=1S/C5H8N4OS/c1-3(4(6)10)9-5-7-2-8-11-5/h2-3H,1H3,(H2,6,10)(H,7,8,9). The van der Waals surface area contributed by atoms with E-state index in [1.807, 2.05) is 0 Å². The van der Waals surface area contributed by atoms with Crippen LogP contribution in [0.2, 0.25) is 0 Å². The summed E-state index contributed by atoms with van der Waals surface area (Å²) in [5, 5.41) is 3.40. The molecule has 60 valence electrons. The van der Waals surface area contributed by atoms with Gasteiger partial charge in [0.25, 0.3) is 0 Å². The van der Waals surface area contributed by atoms with Gasteiger partial charge >= 0.3 is 0 Å². The van der Waals surface area contributed by atoms with Crippen LogP contribution < -0.4 is 11.1 Å². The van der Waals surface area contributed by atoms with E-state index in [1.165, 1.54) is 17.9 Å². The predicted molar refractivity (Wildman–Crippen MR) is 42.2 cm³/mol. The number of nitrogens with two attached hydrogens (primary N) is 1. The zero-order valence-electron chi connectivity index (χ0n) is 5.94. The molecule has 1 atom stereocenters. The van der Waals surface area contributed by atoms with E-state index in [4.69, 9.17) is 5.73 Å². The van der Waals surface area contributed by atoms with Crippen LogP contribution in [0, 0.1) is 0 Å². The van der Waals surface area contributed by atoms with Crippen molar-refractivity contribution in [3.63, 3.8) is 0 Å². The number of hydrogen-bond donors (Lipinski definition) is 2.